The maximum atomic E-state index is 12.0. The zero-order valence-corrected chi connectivity index (χ0v) is 9.75. The maximum absolute atomic E-state index is 12.0. The van der Waals surface area contributed by atoms with Gasteiger partial charge in [-0.3, -0.25) is 4.79 Å². The number of aryl methyl sites for hydroxylation is 1. The summed E-state index contributed by atoms with van der Waals surface area (Å²) < 4.78 is 3.31. The van der Waals surface area contributed by atoms with Crippen molar-refractivity contribution in [2.24, 2.45) is 0 Å². The largest absolute Gasteiger partial charge is 0.396 e. The molecule has 0 saturated carbocycles. The van der Waals surface area contributed by atoms with Crippen molar-refractivity contribution >= 4 is 5.52 Å². The summed E-state index contributed by atoms with van der Waals surface area (Å²) in [6.45, 7) is 0.980. The van der Waals surface area contributed by atoms with E-state index in [1.54, 1.807) is 33.7 Å². The van der Waals surface area contributed by atoms with Crippen LogP contribution in [0.4, 0.5) is 0 Å². The van der Waals surface area contributed by atoms with E-state index in [-0.39, 0.29) is 12.2 Å². The van der Waals surface area contributed by atoms with Crippen LogP contribution < -0.4 is 5.56 Å². The first-order valence-electron chi connectivity index (χ1n) is 5.96. The van der Waals surface area contributed by atoms with Crippen LogP contribution in [0.25, 0.3) is 5.52 Å². The van der Waals surface area contributed by atoms with Crippen molar-refractivity contribution in [1.82, 2.24) is 14.2 Å². The molecule has 17 heavy (non-hydrogen) atoms. The highest BCUT2D eigenvalue weighted by molar-refractivity contribution is 5.42. The van der Waals surface area contributed by atoms with Crippen molar-refractivity contribution in [3.05, 3.63) is 35.0 Å². The lowest BCUT2D eigenvalue weighted by molar-refractivity contribution is 0.282. The van der Waals surface area contributed by atoms with Crippen LogP contribution >= 0.6 is 0 Å². The predicted octanol–water partition coefficient (Wildman–Crippen LogP) is 1.05. The maximum Gasteiger partial charge on any atom is 0.276 e. The number of fused-ring (bicyclic) bond motifs is 1. The molecule has 0 amide bonds. The molecule has 0 aliphatic rings. The molecule has 92 valence electrons. The summed E-state index contributed by atoms with van der Waals surface area (Å²) in [5.74, 6) is 0. The lowest BCUT2D eigenvalue weighted by Crippen LogP contribution is -2.21. The van der Waals surface area contributed by atoms with Crippen molar-refractivity contribution in [3.8, 4) is 0 Å². The van der Waals surface area contributed by atoms with Gasteiger partial charge in [-0.1, -0.05) is 12.8 Å². The minimum atomic E-state index is 0.00663. The zero-order valence-electron chi connectivity index (χ0n) is 9.75. The van der Waals surface area contributed by atoms with E-state index in [1.165, 1.54) is 0 Å². The third-order valence-electron chi connectivity index (χ3n) is 2.85. The van der Waals surface area contributed by atoms with E-state index < -0.39 is 0 Å². The van der Waals surface area contributed by atoms with Crippen molar-refractivity contribution in [1.29, 1.82) is 0 Å². The topological polar surface area (TPSA) is 59.5 Å². The normalized spacial score (nSPS) is 11.1. The third-order valence-corrected chi connectivity index (χ3v) is 2.85. The van der Waals surface area contributed by atoms with Crippen LogP contribution in [0.3, 0.4) is 0 Å². The Labute approximate surface area is 99.3 Å². The van der Waals surface area contributed by atoms with E-state index in [4.69, 9.17) is 5.11 Å². The SMILES string of the molecule is O=c1c2ccnn2ccn1CCCCCCO. The van der Waals surface area contributed by atoms with Gasteiger partial charge in [0.2, 0.25) is 0 Å². The van der Waals surface area contributed by atoms with Gasteiger partial charge < -0.3 is 9.67 Å². The van der Waals surface area contributed by atoms with Crippen molar-refractivity contribution in [2.45, 2.75) is 32.2 Å². The molecule has 2 rings (SSSR count). The van der Waals surface area contributed by atoms with Crippen LogP contribution in [0.1, 0.15) is 25.7 Å². The Balaban J connectivity index is 1.99. The fraction of sp³-hybridized carbons (Fsp3) is 0.500. The van der Waals surface area contributed by atoms with Crippen LogP contribution in [0, 0.1) is 0 Å². The molecular weight excluding hydrogens is 218 g/mol. The number of aliphatic hydroxyl groups excluding tert-OH is 1. The molecule has 5 heteroatoms. The quantitative estimate of drug-likeness (QED) is 0.761. The van der Waals surface area contributed by atoms with E-state index in [2.05, 4.69) is 5.10 Å². The van der Waals surface area contributed by atoms with Gasteiger partial charge in [-0.05, 0) is 18.9 Å². The van der Waals surface area contributed by atoms with Crippen LogP contribution in [-0.4, -0.2) is 25.9 Å². The van der Waals surface area contributed by atoms with Crippen LogP contribution in [0.2, 0.25) is 0 Å². The van der Waals surface area contributed by atoms with Crippen molar-refractivity contribution in [3.63, 3.8) is 0 Å². The van der Waals surface area contributed by atoms with E-state index >= 15 is 0 Å². The highest BCUT2D eigenvalue weighted by Crippen LogP contribution is 2.01. The van der Waals surface area contributed by atoms with Crippen LogP contribution in [-0.2, 0) is 6.54 Å². The molecule has 0 aliphatic heterocycles. The molecule has 0 aromatic carbocycles. The van der Waals surface area contributed by atoms with E-state index in [0.29, 0.717) is 5.52 Å². The first-order valence-corrected chi connectivity index (χ1v) is 5.96. The average Bonchev–Trinajstić information content (AvgIpc) is 2.80. The highest BCUT2D eigenvalue weighted by atomic mass is 16.2. The lowest BCUT2D eigenvalue weighted by Gasteiger charge is -2.05. The van der Waals surface area contributed by atoms with Gasteiger partial charge in [-0.15, -0.1) is 0 Å². The molecule has 0 aliphatic carbocycles. The third kappa shape index (κ3) is 2.74. The van der Waals surface area contributed by atoms with Gasteiger partial charge in [-0.2, -0.15) is 5.10 Å². The van der Waals surface area contributed by atoms with Gasteiger partial charge in [0.25, 0.3) is 5.56 Å². The van der Waals surface area contributed by atoms with Gasteiger partial charge in [-0.25, -0.2) is 4.52 Å². The average molecular weight is 235 g/mol. The summed E-state index contributed by atoms with van der Waals surface area (Å²) >= 11 is 0. The lowest BCUT2D eigenvalue weighted by atomic mass is 10.2. The summed E-state index contributed by atoms with van der Waals surface area (Å²) in [5.41, 5.74) is 0.620. The Kier molecular flexibility index (Phi) is 3.93. The Morgan fingerprint density at radius 2 is 2.00 bits per heavy atom. The minimum absolute atomic E-state index is 0.00663. The molecule has 0 saturated heterocycles. The van der Waals surface area contributed by atoms with Gasteiger partial charge >= 0.3 is 0 Å². The van der Waals surface area contributed by atoms with Gasteiger partial charge in [0.15, 0.2) is 0 Å². The van der Waals surface area contributed by atoms with E-state index in [1.807, 2.05) is 0 Å². The standard InChI is InChI=1S/C12H17N3O2/c16-10-4-2-1-3-7-14-8-9-15-11(12(14)17)5-6-13-15/h5-6,8-9,16H,1-4,7,10H2. The molecule has 0 unspecified atom stereocenters. The Morgan fingerprint density at radius 1 is 1.18 bits per heavy atom. The smallest absolute Gasteiger partial charge is 0.276 e. The summed E-state index contributed by atoms with van der Waals surface area (Å²) in [4.78, 5) is 12.0. The molecule has 5 nitrogen and oxygen atoms in total. The Hall–Kier alpha value is -1.62. The van der Waals surface area contributed by atoms with Gasteiger partial charge in [0, 0.05) is 25.5 Å². The molecule has 0 radical (unpaired) electrons. The Morgan fingerprint density at radius 3 is 2.82 bits per heavy atom. The molecular formula is C12H17N3O2. The molecule has 2 aromatic heterocycles. The number of hydrogen-bond donors (Lipinski definition) is 1. The zero-order chi connectivity index (χ0) is 12.1. The molecule has 1 N–H and O–H groups in total. The predicted molar refractivity (Wildman–Crippen MR) is 65.0 cm³/mol. The Bertz CT molecular complexity index is 530. The second-order valence-corrected chi connectivity index (χ2v) is 4.10. The van der Waals surface area contributed by atoms with Gasteiger partial charge in [0.05, 0.1) is 6.20 Å². The fourth-order valence-electron chi connectivity index (χ4n) is 1.88. The van der Waals surface area contributed by atoms with Crippen molar-refractivity contribution < 1.29 is 5.11 Å². The van der Waals surface area contributed by atoms with Crippen LogP contribution in [0.5, 0.6) is 0 Å². The number of rotatable bonds is 6. The van der Waals surface area contributed by atoms with Crippen LogP contribution in [0.15, 0.2) is 29.5 Å². The fourth-order valence-corrected chi connectivity index (χ4v) is 1.88. The molecule has 0 spiro atoms. The number of aliphatic hydroxyl groups is 1. The second kappa shape index (κ2) is 5.63. The first-order chi connectivity index (χ1) is 8.33. The number of aromatic nitrogens is 3. The highest BCUT2D eigenvalue weighted by Gasteiger charge is 2.02. The van der Waals surface area contributed by atoms with E-state index in [0.717, 1.165) is 32.2 Å². The first kappa shape index (κ1) is 11.9. The minimum Gasteiger partial charge on any atom is -0.396 e. The van der Waals surface area contributed by atoms with Gasteiger partial charge in [0.1, 0.15) is 5.52 Å². The molecule has 0 fully saturated rings. The summed E-state index contributed by atoms with van der Waals surface area (Å²) in [6.07, 6.45) is 9.06. The molecule has 2 heterocycles. The molecule has 2 aromatic rings. The monoisotopic (exact) mass is 235 g/mol. The summed E-state index contributed by atoms with van der Waals surface area (Å²) in [7, 11) is 0. The number of hydrogen-bond acceptors (Lipinski definition) is 3. The molecule has 0 atom stereocenters. The summed E-state index contributed by atoms with van der Waals surface area (Å²) in [6, 6.07) is 1.73. The second-order valence-electron chi connectivity index (χ2n) is 4.10. The number of unbranched alkanes of at least 4 members (excludes halogenated alkanes) is 3. The summed E-state index contributed by atoms with van der Waals surface area (Å²) in [5, 5.41) is 12.7. The van der Waals surface area contributed by atoms with Crippen molar-refractivity contribution in [2.75, 3.05) is 6.61 Å². The number of nitrogens with zero attached hydrogens (tertiary/aromatic N) is 3. The van der Waals surface area contributed by atoms with E-state index in [9.17, 15) is 4.79 Å². The molecule has 0 bridgehead atoms.